The number of halogens is 1. The number of nitrogens with two attached hydrogens (primary N) is 1. The Morgan fingerprint density at radius 2 is 2.29 bits per heavy atom. The normalized spacial score (nSPS) is 21.6. The summed E-state index contributed by atoms with van der Waals surface area (Å²) in [4.78, 5) is 2.42. The first-order valence-electron chi connectivity index (χ1n) is 6.45. The fourth-order valence-electron chi connectivity index (χ4n) is 2.56. The van der Waals surface area contributed by atoms with Crippen LogP contribution in [0.4, 0.5) is 10.1 Å². The Morgan fingerprint density at radius 3 is 3.00 bits per heavy atom. The van der Waals surface area contributed by atoms with Gasteiger partial charge in [-0.3, -0.25) is 4.90 Å². The molecule has 2 N–H and O–H groups in total. The number of nitrogens with zero attached hydrogens (tertiary/aromatic N) is 1. The highest BCUT2D eigenvalue weighted by molar-refractivity contribution is 5.41. The summed E-state index contributed by atoms with van der Waals surface area (Å²) in [6, 6.07) is 5.14. The Kier molecular flexibility index (Phi) is 4.00. The van der Waals surface area contributed by atoms with Crippen molar-refractivity contribution in [2.24, 2.45) is 5.92 Å². The lowest BCUT2D eigenvalue weighted by Gasteiger charge is -2.32. The quantitative estimate of drug-likeness (QED) is 0.817. The van der Waals surface area contributed by atoms with Crippen LogP contribution in [0.25, 0.3) is 0 Å². The van der Waals surface area contributed by atoms with Gasteiger partial charge in [-0.05, 0) is 43.0 Å². The largest absolute Gasteiger partial charge is 0.396 e. The molecule has 3 heteroatoms. The standard InChI is InChI=1S/C14H21FN2/c1-2-11-4-3-7-17(9-11)10-12-5-6-14(16)13(15)8-12/h5-6,8,11H,2-4,7,9-10,16H2,1H3. The van der Waals surface area contributed by atoms with Crippen molar-refractivity contribution >= 4 is 5.69 Å². The van der Waals surface area contributed by atoms with Gasteiger partial charge in [0.15, 0.2) is 0 Å². The van der Waals surface area contributed by atoms with Crippen LogP contribution in [-0.4, -0.2) is 18.0 Å². The average molecular weight is 236 g/mol. The van der Waals surface area contributed by atoms with E-state index < -0.39 is 0 Å². The molecule has 1 aliphatic rings. The van der Waals surface area contributed by atoms with Crippen molar-refractivity contribution in [1.82, 2.24) is 4.90 Å². The summed E-state index contributed by atoms with van der Waals surface area (Å²) in [5, 5.41) is 0. The molecule has 0 aromatic heterocycles. The van der Waals surface area contributed by atoms with E-state index in [1.165, 1.54) is 19.3 Å². The second-order valence-electron chi connectivity index (χ2n) is 5.01. The van der Waals surface area contributed by atoms with Gasteiger partial charge in [-0.1, -0.05) is 19.4 Å². The summed E-state index contributed by atoms with van der Waals surface area (Å²) < 4.78 is 13.3. The summed E-state index contributed by atoms with van der Waals surface area (Å²) in [5.41, 5.74) is 6.73. The smallest absolute Gasteiger partial charge is 0.146 e. The lowest BCUT2D eigenvalue weighted by Crippen LogP contribution is -2.34. The molecule has 94 valence electrons. The number of nitrogen functional groups attached to an aromatic ring is 1. The zero-order chi connectivity index (χ0) is 12.3. The van der Waals surface area contributed by atoms with Gasteiger partial charge in [0.2, 0.25) is 0 Å². The Balaban J connectivity index is 1.97. The van der Waals surface area contributed by atoms with Crippen molar-refractivity contribution in [3.63, 3.8) is 0 Å². The molecule has 17 heavy (non-hydrogen) atoms. The number of hydrogen-bond acceptors (Lipinski definition) is 2. The topological polar surface area (TPSA) is 29.3 Å². The molecule has 1 aromatic carbocycles. The molecule has 2 nitrogen and oxygen atoms in total. The molecule has 0 bridgehead atoms. The van der Waals surface area contributed by atoms with Crippen LogP contribution in [0.5, 0.6) is 0 Å². The molecule has 0 spiro atoms. The van der Waals surface area contributed by atoms with Gasteiger partial charge in [-0.15, -0.1) is 0 Å². The van der Waals surface area contributed by atoms with E-state index in [1.54, 1.807) is 12.1 Å². The summed E-state index contributed by atoms with van der Waals surface area (Å²) in [5.74, 6) is 0.508. The first kappa shape index (κ1) is 12.4. The fourth-order valence-corrected chi connectivity index (χ4v) is 2.56. The van der Waals surface area contributed by atoms with Gasteiger partial charge in [0.25, 0.3) is 0 Å². The van der Waals surface area contributed by atoms with Crippen molar-refractivity contribution in [2.75, 3.05) is 18.8 Å². The molecule has 1 atom stereocenters. The van der Waals surface area contributed by atoms with Gasteiger partial charge in [-0.2, -0.15) is 0 Å². The second-order valence-corrected chi connectivity index (χ2v) is 5.01. The van der Waals surface area contributed by atoms with Gasteiger partial charge in [0, 0.05) is 13.1 Å². The van der Waals surface area contributed by atoms with Crippen LogP contribution in [0.1, 0.15) is 31.7 Å². The van der Waals surface area contributed by atoms with Crippen molar-refractivity contribution in [1.29, 1.82) is 0 Å². The number of anilines is 1. The maximum Gasteiger partial charge on any atom is 0.146 e. The van der Waals surface area contributed by atoms with E-state index in [0.717, 1.165) is 31.1 Å². The molecular weight excluding hydrogens is 215 g/mol. The third kappa shape index (κ3) is 3.19. The minimum Gasteiger partial charge on any atom is -0.396 e. The predicted octanol–water partition coefficient (Wildman–Crippen LogP) is 3.03. The van der Waals surface area contributed by atoms with E-state index in [4.69, 9.17) is 5.73 Å². The van der Waals surface area contributed by atoms with Crippen molar-refractivity contribution in [3.05, 3.63) is 29.6 Å². The van der Waals surface area contributed by atoms with Crippen LogP contribution in [0.2, 0.25) is 0 Å². The van der Waals surface area contributed by atoms with Crippen LogP contribution in [0, 0.1) is 11.7 Å². The molecule has 0 radical (unpaired) electrons. The SMILES string of the molecule is CCC1CCCN(Cc2ccc(N)c(F)c2)C1. The molecule has 1 aromatic rings. The van der Waals surface area contributed by atoms with Gasteiger partial charge in [0.05, 0.1) is 5.69 Å². The Labute approximate surface area is 103 Å². The molecular formula is C14H21FN2. The van der Waals surface area contributed by atoms with Gasteiger partial charge >= 0.3 is 0 Å². The maximum absolute atomic E-state index is 13.3. The predicted molar refractivity (Wildman–Crippen MR) is 69.1 cm³/mol. The number of benzene rings is 1. The molecule has 1 aliphatic heterocycles. The molecule has 0 saturated carbocycles. The highest BCUT2D eigenvalue weighted by atomic mass is 19.1. The molecule has 1 heterocycles. The Hall–Kier alpha value is -1.09. The third-order valence-electron chi connectivity index (χ3n) is 3.65. The summed E-state index contributed by atoms with van der Waals surface area (Å²) in [6.07, 6.45) is 3.84. The van der Waals surface area contributed by atoms with E-state index in [9.17, 15) is 4.39 Å². The first-order valence-corrected chi connectivity index (χ1v) is 6.45. The van der Waals surface area contributed by atoms with Gasteiger partial charge < -0.3 is 5.73 Å². The number of hydrogen-bond donors (Lipinski definition) is 1. The molecule has 0 aliphatic carbocycles. The van der Waals surface area contributed by atoms with Crippen molar-refractivity contribution in [3.8, 4) is 0 Å². The van der Waals surface area contributed by atoms with E-state index in [0.29, 0.717) is 0 Å². The second kappa shape index (κ2) is 5.50. The molecule has 1 unspecified atom stereocenters. The Bertz CT molecular complexity index is 378. The van der Waals surface area contributed by atoms with Crippen LogP contribution in [0.15, 0.2) is 18.2 Å². The monoisotopic (exact) mass is 236 g/mol. The van der Waals surface area contributed by atoms with E-state index >= 15 is 0 Å². The number of likely N-dealkylation sites (tertiary alicyclic amines) is 1. The minimum absolute atomic E-state index is 0.235. The molecule has 1 fully saturated rings. The zero-order valence-electron chi connectivity index (χ0n) is 10.5. The van der Waals surface area contributed by atoms with Crippen molar-refractivity contribution < 1.29 is 4.39 Å². The zero-order valence-corrected chi connectivity index (χ0v) is 10.5. The minimum atomic E-state index is -0.299. The van der Waals surface area contributed by atoms with Crippen molar-refractivity contribution in [2.45, 2.75) is 32.7 Å². The van der Waals surface area contributed by atoms with Crippen LogP contribution in [0.3, 0.4) is 0 Å². The summed E-state index contributed by atoms with van der Waals surface area (Å²) in [6.45, 7) is 5.36. The maximum atomic E-state index is 13.3. The Morgan fingerprint density at radius 1 is 1.47 bits per heavy atom. The van der Waals surface area contributed by atoms with E-state index in [-0.39, 0.29) is 11.5 Å². The van der Waals surface area contributed by atoms with Crippen LogP contribution >= 0.6 is 0 Å². The lowest BCUT2D eigenvalue weighted by molar-refractivity contribution is 0.164. The average Bonchev–Trinajstić information content (AvgIpc) is 2.34. The van der Waals surface area contributed by atoms with Gasteiger partial charge in [-0.25, -0.2) is 4.39 Å². The number of rotatable bonds is 3. The summed E-state index contributed by atoms with van der Waals surface area (Å²) in [7, 11) is 0. The van der Waals surface area contributed by atoms with E-state index in [1.807, 2.05) is 6.07 Å². The van der Waals surface area contributed by atoms with E-state index in [2.05, 4.69) is 11.8 Å². The highest BCUT2D eigenvalue weighted by Crippen LogP contribution is 2.21. The first-order chi connectivity index (χ1) is 8.19. The lowest BCUT2D eigenvalue weighted by atomic mass is 9.95. The highest BCUT2D eigenvalue weighted by Gasteiger charge is 2.18. The number of piperidine rings is 1. The summed E-state index contributed by atoms with van der Waals surface area (Å²) >= 11 is 0. The van der Waals surface area contributed by atoms with Crippen LogP contribution < -0.4 is 5.73 Å². The molecule has 1 saturated heterocycles. The van der Waals surface area contributed by atoms with Crippen LogP contribution in [-0.2, 0) is 6.54 Å². The molecule has 0 amide bonds. The molecule has 2 rings (SSSR count). The fraction of sp³-hybridized carbons (Fsp3) is 0.571. The van der Waals surface area contributed by atoms with Gasteiger partial charge in [0.1, 0.15) is 5.82 Å². The third-order valence-corrected chi connectivity index (χ3v) is 3.65.